The topological polar surface area (TPSA) is 34.1 Å². The van der Waals surface area contributed by atoms with Crippen molar-refractivity contribution in [3.8, 4) is 0 Å². The minimum absolute atomic E-state index is 0.0600. The summed E-state index contributed by atoms with van der Waals surface area (Å²) in [7, 11) is -3.14. The predicted octanol–water partition coefficient (Wildman–Crippen LogP) is 4.38. The van der Waals surface area contributed by atoms with Gasteiger partial charge < -0.3 is 0 Å². The SMILES string of the molecule is CC(C)CC(CBr)(CBr)C1CS(=O)(=O)c2ccccc21. The van der Waals surface area contributed by atoms with E-state index < -0.39 is 9.84 Å². The molecular weight excluding hydrogens is 404 g/mol. The van der Waals surface area contributed by atoms with Crippen molar-refractivity contribution in [1.82, 2.24) is 0 Å². The van der Waals surface area contributed by atoms with E-state index in [-0.39, 0.29) is 17.1 Å². The van der Waals surface area contributed by atoms with E-state index in [2.05, 4.69) is 45.7 Å². The summed E-state index contributed by atoms with van der Waals surface area (Å²) < 4.78 is 24.8. The molecule has 2 nitrogen and oxygen atoms in total. The van der Waals surface area contributed by atoms with E-state index in [0.29, 0.717) is 10.8 Å². The number of hydrogen-bond donors (Lipinski definition) is 0. The first kappa shape index (κ1) is 16.5. The Hall–Kier alpha value is 0.130. The van der Waals surface area contributed by atoms with Crippen LogP contribution in [0, 0.1) is 11.3 Å². The Balaban J connectivity index is 2.52. The van der Waals surface area contributed by atoms with Gasteiger partial charge >= 0.3 is 0 Å². The van der Waals surface area contributed by atoms with E-state index in [1.54, 1.807) is 6.07 Å². The summed E-state index contributed by atoms with van der Waals surface area (Å²) in [6.07, 6.45) is 0.998. The Morgan fingerprint density at radius 2 is 1.85 bits per heavy atom. The molecule has 0 saturated heterocycles. The van der Waals surface area contributed by atoms with E-state index in [1.807, 2.05) is 18.2 Å². The summed E-state index contributed by atoms with van der Waals surface area (Å²) >= 11 is 7.27. The average molecular weight is 424 g/mol. The lowest BCUT2D eigenvalue weighted by molar-refractivity contribution is 0.260. The Morgan fingerprint density at radius 1 is 1.25 bits per heavy atom. The lowest BCUT2D eigenvalue weighted by atomic mass is 9.71. The molecule has 1 aromatic rings. The highest BCUT2D eigenvalue weighted by Gasteiger charge is 2.46. The van der Waals surface area contributed by atoms with Gasteiger partial charge in [0.25, 0.3) is 0 Å². The number of alkyl halides is 2. The van der Waals surface area contributed by atoms with Gasteiger partial charge in [-0.05, 0) is 29.4 Å². The molecule has 1 aliphatic heterocycles. The minimum Gasteiger partial charge on any atom is -0.224 e. The van der Waals surface area contributed by atoms with Crippen LogP contribution >= 0.6 is 31.9 Å². The van der Waals surface area contributed by atoms with Gasteiger partial charge in [0.2, 0.25) is 0 Å². The van der Waals surface area contributed by atoms with Gasteiger partial charge in [0.05, 0.1) is 10.6 Å². The minimum atomic E-state index is -3.14. The van der Waals surface area contributed by atoms with Crippen molar-refractivity contribution in [3.05, 3.63) is 29.8 Å². The van der Waals surface area contributed by atoms with Crippen LogP contribution in [0.1, 0.15) is 31.7 Å². The fourth-order valence-corrected chi connectivity index (χ4v) is 7.42. The molecule has 5 heteroatoms. The number of rotatable bonds is 5. The van der Waals surface area contributed by atoms with E-state index in [9.17, 15) is 8.42 Å². The molecule has 1 heterocycles. The Labute approximate surface area is 138 Å². The summed E-state index contributed by atoms with van der Waals surface area (Å²) in [4.78, 5) is 0.528. The second kappa shape index (κ2) is 6.09. The summed E-state index contributed by atoms with van der Waals surface area (Å²) in [6.45, 7) is 4.38. The first-order chi connectivity index (χ1) is 9.36. The summed E-state index contributed by atoms with van der Waals surface area (Å²) in [6, 6.07) is 7.47. The first-order valence-electron chi connectivity index (χ1n) is 6.80. The Kier molecular flexibility index (Phi) is 5.02. The van der Waals surface area contributed by atoms with Gasteiger partial charge in [-0.1, -0.05) is 63.9 Å². The number of benzene rings is 1. The molecule has 1 aromatic carbocycles. The number of fused-ring (bicyclic) bond motifs is 1. The summed E-state index contributed by atoms with van der Waals surface area (Å²) in [5, 5.41) is 1.61. The third-order valence-corrected chi connectivity index (χ3v) is 8.15. The maximum absolute atomic E-state index is 12.4. The van der Waals surface area contributed by atoms with Crippen LogP contribution < -0.4 is 0 Å². The molecule has 112 valence electrons. The van der Waals surface area contributed by atoms with Gasteiger partial charge in [0, 0.05) is 16.6 Å². The number of halogens is 2. The maximum atomic E-state index is 12.4. The van der Waals surface area contributed by atoms with Gasteiger partial charge in [-0.15, -0.1) is 0 Å². The van der Waals surface area contributed by atoms with Crippen LogP contribution in [0.4, 0.5) is 0 Å². The highest BCUT2D eigenvalue weighted by Crippen LogP contribution is 2.50. The molecule has 0 amide bonds. The molecule has 0 aromatic heterocycles. The number of sulfone groups is 1. The normalized spacial score (nSPS) is 21.1. The van der Waals surface area contributed by atoms with Crippen molar-refractivity contribution >= 4 is 41.7 Å². The standard InChI is InChI=1S/C15H20Br2O2S/c1-11(2)7-15(9-16,10-17)13-8-20(18,19)14-6-4-3-5-12(13)14/h3-6,11,13H,7-10H2,1-2H3. The second-order valence-electron chi connectivity index (χ2n) is 6.10. The lowest BCUT2D eigenvalue weighted by Crippen LogP contribution is -2.35. The van der Waals surface area contributed by atoms with Crippen LogP contribution in [0.2, 0.25) is 0 Å². The van der Waals surface area contributed by atoms with Crippen LogP contribution in [0.5, 0.6) is 0 Å². The fourth-order valence-electron chi connectivity index (χ4n) is 3.24. The molecule has 0 saturated carbocycles. The first-order valence-corrected chi connectivity index (χ1v) is 10.7. The molecule has 0 fully saturated rings. The van der Waals surface area contributed by atoms with Gasteiger partial charge in [0.1, 0.15) is 0 Å². The molecule has 0 N–H and O–H groups in total. The molecule has 1 atom stereocenters. The molecule has 0 radical (unpaired) electrons. The molecular formula is C15H20Br2O2S. The predicted molar refractivity (Wildman–Crippen MR) is 90.7 cm³/mol. The van der Waals surface area contributed by atoms with Gasteiger partial charge in [-0.3, -0.25) is 0 Å². The molecule has 0 spiro atoms. The third kappa shape index (κ3) is 2.86. The van der Waals surface area contributed by atoms with Crippen molar-refractivity contribution in [2.45, 2.75) is 31.1 Å². The van der Waals surface area contributed by atoms with Crippen molar-refractivity contribution in [1.29, 1.82) is 0 Å². The second-order valence-corrected chi connectivity index (χ2v) is 9.22. The van der Waals surface area contributed by atoms with E-state index in [4.69, 9.17) is 0 Å². The molecule has 1 aliphatic rings. The lowest BCUT2D eigenvalue weighted by Gasteiger charge is -2.37. The van der Waals surface area contributed by atoms with E-state index in [1.165, 1.54) is 0 Å². The molecule has 0 bridgehead atoms. The van der Waals surface area contributed by atoms with Crippen LogP contribution in [0.3, 0.4) is 0 Å². The molecule has 0 aliphatic carbocycles. The quantitative estimate of drug-likeness (QED) is 0.658. The monoisotopic (exact) mass is 422 g/mol. The van der Waals surface area contributed by atoms with Crippen LogP contribution in [-0.4, -0.2) is 24.8 Å². The zero-order valence-corrected chi connectivity index (χ0v) is 15.8. The molecule has 2 rings (SSSR count). The van der Waals surface area contributed by atoms with Crippen molar-refractivity contribution in [3.63, 3.8) is 0 Å². The van der Waals surface area contributed by atoms with Gasteiger partial charge in [-0.2, -0.15) is 0 Å². The van der Waals surface area contributed by atoms with Crippen LogP contribution in [0.25, 0.3) is 0 Å². The van der Waals surface area contributed by atoms with Crippen molar-refractivity contribution < 1.29 is 8.42 Å². The molecule has 20 heavy (non-hydrogen) atoms. The zero-order chi connectivity index (χ0) is 15.0. The van der Waals surface area contributed by atoms with E-state index >= 15 is 0 Å². The Bertz CT molecular complexity index is 577. The Morgan fingerprint density at radius 3 is 2.40 bits per heavy atom. The molecule has 1 unspecified atom stereocenters. The average Bonchev–Trinajstić information content (AvgIpc) is 2.69. The number of hydrogen-bond acceptors (Lipinski definition) is 2. The smallest absolute Gasteiger partial charge is 0.179 e. The largest absolute Gasteiger partial charge is 0.224 e. The van der Waals surface area contributed by atoms with Crippen LogP contribution in [-0.2, 0) is 9.84 Å². The zero-order valence-electron chi connectivity index (χ0n) is 11.8. The van der Waals surface area contributed by atoms with Gasteiger partial charge in [0.15, 0.2) is 9.84 Å². The maximum Gasteiger partial charge on any atom is 0.179 e. The van der Waals surface area contributed by atoms with Crippen molar-refractivity contribution in [2.75, 3.05) is 16.4 Å². The summed E-state index contributed by atoms with van der Waals surface area (Å²) in [5.41, 5.74) is 0.931. The fraction of sp³-hybridized carbons (Fsp3) is 0.600. The highest BCUT2D eigenvalue weighted by atomic mass is 79.9. The summed E-state index contributed by atoms with van der Waals surface area (Å²) in [5.74, 6) is 0.821. The van der Waals surface area contributed by atoms with E-state index in [0.717, 1.165) is 22.6 Å². The van der Waals surface area contributed by atoms with Gasteiger partial charge in [-0.25, -0.2) is 8.42 Å². The van der Waals surface area contributed by atoms with Crippen LogP contribution in [0.15, 0.2) is 29.2 Å². The third-order valence-electron chi connectivity index (χ3n) is 4.10. The van der Waals surface area contributed by atoms with Crippen molar-refractivity contribution in [2.24, 2.45) is 11.3 Å². The highest BCUT2D eigenvalue weighted by molar-refractivity contribution is 9.09.